The van der Waals surface area contributed by atoms with Crippen molar-refractivity contribution >= 4 is 42.6 Å². The Morgan fingerprint density at radius 2 is 1.62 bits per heavy atom. The summed E-state index contributed by atoms with van der Waals surface area (Å²) in [6.45, 7) is 0. The molecule has 0 aliphatic heterocycles. The minimum absolute atomic E-state index is 0.0961. The molecule has 3 rings (SSSR count). The normalized spacial score (nSPS) is 12.1. The molecular weight excluding hydrogens is 386 g/mol. The van der Waals surface area contributed by atoms with Crippen molar-refractivity contribution in [2.24, 2.45) is 0 Å². The van der Waals surface area contributed by atoms with Gasteiger partial charge in [0.25, 0.3) is 0 Å². The third kappa shape index (κ3) is 3.12. The lowest BCUT2D eigenvalue weighted by atomic mass is 10.0. The molecule has 0 fully saturated rings. The highest BCUT2D eigenvalue weighted by atomic mass is 79.9. The molecule has 3 nitrogen and oxygen atoms in total. The first-order chi connectivity index (χ1) is 11.5. The van der Waals surface area contributed by atoms with Gasteiger partial charge in [0.1, 0.15) is 11.0 Å². The molecule has 0 aromatic heterocycles. The molecule has 5 heteroatoms. The number of halogens is 1. The van der Waals surface area contributed by atoms with Gasteiger partial charge in [-0.2, -0.15) is 5.26 Å². The van der Waals surface area contributed by atoms with E-state index < -0.39 is 9.84 Å². The lowest BCUT2D eigenvalue weighted by Gasteiger charge is -2.05. The fraction of sp³-hybridized carbons (Fsp3) is 0. The van der Waals surface area contributed by atoms with Crippen molar-refractivity contribution < 1.29 is 8.42 Å². The first-order valence-electron chi connectivity index (χ1n) is 7.12. The van der Waals surface area contributed by atoms with Crippen molar-refractivity contribution in [3.8, 4) is 6.07 Å². The van der Waals surface area contributed by atoms with Crippen molar-refractivity contribution in [3.05, 3.63) is 81.7 Å². The lowest BCUT2D eigenvalue weighted by Crippen LogP contribution is -2.03. The van der Waals surface area contributed by atoms with Crippen LogP contribution in [0.25, 0.3) is 16.8 Å². The summed E-state index contributed by atoms with van der Waals surface area (Å²) >= 11 is 3.27. The number of hydrogen-bond donors (Lipinski definition) is 0. The standard InChI is InChI=1S/C19H12BrNO2S/c20-16-8-10-17(11-9-16)24(22,23)18(13-21)12-15-6-3-5-14-4-1-2-7-19(14)15/h1-12H/b18-12+. The maximum Gasteiger partial charge on any atom is 0.216 e. The van der Waals surface area contributed by atoms with Crippen LogP contribution in [0.2, 0.25) is 0 Å². The summed E-state index contributed by atoms with van der Waals surface area (Å²) in [5.74, 6) is 0. The van der Waals surface area contributed by atoms with E-state index in [4.69, 9.17) is 0 Å². The molecule has 0 bridgehead atoms. The van der Waals surface area contributed by atoms with E-state index in [2.05, 4.69) is 15.9 Å². The van der Waals surface area contributed by atoms with Crippen LogP contribution in [0.3, 0.4) is 0 Å². The SMILES string of the molecule is N#C/C(=C\c1cccc2ccccc12)S(=O)(=O)c1ccc(Br)cc1. The molecule has 0 saturated heterocycles. The zero-order valence-corrected chi connectivity index (χ0v) is 14.9. The van der Waals surface area contributed by atoms with Crippen molar-refractivity contribution in [2.45, 2.75) is 4.90 Å². The van der Waals surface area contributed by atoms with Crippen LogP contribution < -0.4 is 0 Å². The Hall–Kier alpha value is -2.42. The van der Waals surface area contributed by atoms with Gasteiger partial charge in [0.15, 0.2) is 0 Å². The monoisotopic (exact) mass is 397 g/mol. The highest BCUT2D eigenvalue weighted by Gasteiger charge is 2.21. The third-order valence-electron chi connectivity index (χ3n) is 3.63. The second-order valence-electron chi connectivity index (χ2n) is 5.15. The van der Waals surface area contributed by atoms with E-state index in [0.717, 1.165) is 15.2 Å². The summed E-state index contributed by atoms with van der Waals surface area (Å²) in [7, 11) is -3.86. The highest BCUT2D eigenvalue weighted by molar-refractivity contribution is 9.10. The molecule has 3 aromatic carbocycles. The summed E-state index contributed by atoms with van der Waals surface area (Å²) in [6.07, 6.45) is 1.43. The fourth-order valence-electron chi connectivity index (χ4n) is 2.43. The second-order valence-corrected chi connectivity index (χ2v) is 7.98. The molecule has 0 spiro atoms. The summed E-state index contributed by atoms with van der Waals surface area (Å²) in [4.78, 5) is -0.181. The van der Waals surface area contributed by atoms with Crippen LogP contribution >= 0.6 is 15.9 Å². The van der Waals surface area contributed by atoms with Crippen LogP contribution in [0, 0.1) is 11.3 Å². The van der Waals surface area contributed by atoms with Gasteiger partial charge in [0.2, 0.25) is 9.84 Å². The van der Waals surface area contributed by atoms with Gasteiger partial charge in [0, 0.05) is 4.47 Å². The molecular formula is C19H12BrNO2S. The summed E-state index contributed by atoms with van der Waals surface area (Å²) in [5, 5.41) is 11.3. The van der Waals surface area contributed by atoms with E-state index in [9.17, 15) is 13.7 Å². The zero-order valence-electron chi connectivity index (χ0n) is 12.5. The Morgan fingerprint density at radius 1 is 0.958 bits per heavy atom. The van der Waals surface area contributed by atoms with Crippen molar-refractivity contribution in [3.63, 3.8) is 0 Å². The summed E-state index contributed by atoms with van der Waals surface area (Å²) in [6, 6.07) is 21.3. The Morgan fingerprint density at radius 3 is 2.33 bits per heavy atom. The molecule has 0 unspecified atom stereocenters. The topological polar surface area (TPSA) is 57.9 Å². The predicted octanol–water partition coefficient (Wildman–Crippen LogP) is 4.94. The number of nitrogens with zero attached hydrogens (tertiary/aromatic N) is 1. The lowest BCUT2D eigenvalue weighted by molar-refractivity contribution is 0.603. The van der Waals surface area contributed by atoms with Crippen LogP contribution in [0.15, 0.2) is 81.0 Å². The van der Waals surface area contributed by atoms with Crippen LogP contribution in [-0.2, 0) is 9.84 Å². The maximum atomic E-state index is 12.7. The number of fused-ring (bicyclic) bond motifs is 1. The van der Waals surface area contributed by atoms with Gasteiger partial charge >= 0.3 is 0 Å². The Kier molecular flexibility index (Phi) is 4.52. The maximum absolute atomic E-state index is 12.7. The molecule has 0 atom stereocenters. The molecule has 0 amide bonds. The van der Waals surface area contributed by atoms with Crippen molar-refractivity contribution in [1.82, 2.24) is 0 Å². The van der Waals surface area contributed by atoms with Gasteiger partial charge in [-0.1, -0.05) is 58.4 Å². The van der Waals surface area contributed by atoms with Crippen LogP contribution in [0.4, 0.5) is 0 Å². The van der Waals surface area contributed by atoms with Gasteiger partial charge in [-0.25, -0.2) is 8.42 Å². The van der Waals surface area contributed by atoms with Gasteiger partial charge in [0.05, 0.1) is 4.90 Å². The molecule has 0 heterocycles. The van der Waals surface area contributed by atoms with Crippen molar-refractivity contribution in [1.29, 1.82) is 5.26 Å². The largest absolute Gasteiger partial charge is 0.218 e. The molecule has 24 heavy (non-hydrogen) atoms. The highest BCUT2D eigenvalue weighted by Crippen LogP contribution is 2.26. The molecule has 0 aliphatic carbocycles. The predicted molar refractivity (Wildman–Crippen MR) is 98.9 cm³/mol. The van der Waals surface area contributed by atoms with Crippen molar-refractivity contribution in [2.75, 3.05) is 0 Å². The molecule has 118 valence electrons. The average molecular weight is 398 g/mol. The Balaban J connectivity index is 2.16. The molecule has 3 aromatic rings. The van der Waals surface area contributed by atoms with E-state index in [1.165, 1.54) is 18.2 Å². The first-order valence-corrected chi connectivity index (χ1v) is 9.40. The smallest absolute Gasteiger partial charge is 0.216 e. The van der Waals surface area contributed by atoms with Crippen LogP contribution in [0.5, 0.6) is 0 Å². The number of benzene rings is 3. The van der Waals surface area contributed by atoms with E-state index in [0.29, 0.717) is 5.56 Å². The van der Waals surface area contributed by atoms with E-state index in [1.54, 1.807) is 18.2 Å². The number of sulfone groups is 1. The third-order valence-corrected chi connectivity index (χ3v) is 5.84. The summed E-state index contributed by atoms with van der Waals surface area (Å²) < 4.78 is 26.2. The zero-order chi connectivity index (χ0) is 17.2. The van der Waals surface area contributed by atoms with Gasteiger partial charge < -0.3 is 0 Å². The Bertz CT molecular complexity index is 1070. The molecule has 0 radical (unpaired) electrons. The fourth-order valence-corrected chi connectivity index (χ4v) is 3.84. The van der Waals surface area contributed by atoms with Crippen LogP contribution in [0.1, 0.15) is 5.56 Å². The molecule has 0 N–H and O–H groups in total. The van der Waals surface area contributed by atoms with Gasteiger partial charge in [-0.15, -0.1) is 0 Å². The molecule has 0 aliphatic rings. The van der Waals surface area contributed by atoms with E-state index in [1.807, 2.05) is 42.5 Å². The van der Waals surface area contributed by atoms with E-state index in [-0.39, 0.29) is 9.80 Å². The molecule has 0 saturated carbocycles. The van der Waals surface area contributed by atoms with Gasteiger partial charge in [-0.3, -0.25) is 0 Å². The number of rotatable bonds is 3. The first kappa shape index (κ1) is 16.4. The van der Waals surface area contributed by atoms with Gasteiger partial charge in [-0.05, 0) is 46.7 Å². The van der Waals surface area contributed by atoms with E-state index >= 15 is 0 Å². The average Bonchev–Trinajstić information content (AvgIpc) is 2.60. The Labute approximate surface area is 148 Å². The van der Waals surface area contributed by atoms with Crippen LogP contribution in [-0.4, -0.2) is 8.42 Å². The number of hydrogen-bond acceptors (Lipinski definition) is 3. The number of nitriles is 1. The minimum atomic E-state index is -3.86. The second kappa shape index (κ2) is 6.60. The minimum Gasteiger partial charge on any atom is -0.218 e. The number of allylic oxidation sites excluding steroid dienone is 1. The summed E-state index contributed by atoms with van der Waals surface area (Å²) in [5.41, 5.74) is 0.699. The quantitative estimate of drug-likeness (QED) is 0.587.